The van der Waals surface area contributed by atoms with Crippen molar-refractivity contribution in [1.82, 2.24) is 0 Å². The van der Waals surface area contributed by atoms with Gasteiger partial charge in [0.2, 0.25) is 0 Å². The first-order valence-corrected chi connectivity index (χ1v) is 7.98. The third-order valence-corrected chi connectivity index (χ3v) is 4.62. The van der Waals surface area contributed by atoms with Crippen molar-refractivity contribution in [3.8, 4) is 5.75 Å². The molecule has 0 saturated carbocycles. The summed E-state index contributed by atoms with van der Waals surface area (Å²) in [6.07, 6.45) is 0.126. The molecule has 0 aliphatic rings. The molecule has 118 valence electrons. The van der Waals surface area contributed by atoms with Gasteiger partial charge in [-0.15, -0.1) is 0 Å². The number of nitro benzene ring substituents is 1. The second-order valence-corrected chi connectivity index (χ2v) is 6.36. The fourth-order valence-corrected chi connectivity index (χ4v) is 2.76. The molecule has 1 aromatic rings. The van der Waals surface area contributed by atoms with E-state index in [0.29, 0.717) is 0 Å². The predicted molar refractivity (Wildman–Crippen MR) is 74.2 cm³/mol. The molecular formula is C12H17FNO6P. The van der Waals surface area contributed by atoms with Crippen LogP contribution in [-0.2, 0) is 20.2 Å². The van der Waals surface area contributed by atoms with Crippen LogP contribution in [0.5, 0.6) is 5.75 Å². The molecule has 0 bridgehead atoms. The summed E-state index contributed by atoms with van der Waals surface area (Å²) >= 11 is 0. The molecule has 1 aromatic carbocycles. The van der Waals surface area contributed by atoms with Gasteiger partial charge in [-0.2, -0.15) is 0 Å². The van der Waals surface area contributed by atoms with Crippen molar-refractivity contribution in [3.05, 3.63) is 33.6 Å². The molecule has 0 N–H and O–H groups in total. The topological polar surface area (TPSA) is 87.9 Å². The van der Waals surface area contributed by atoms with Gasteiger partial charge in [-0.25, -0.2) is 4.39 Å². The van der Waals surface area contributed by atoms with Crippen molar-refractivity contribution in [3.63, 3.8) is 0 Å². The van der Waals surface area contributed by atoms with E-state index in [9.17, 15) is 19.1 Å². The molecule has 7 nitrogen and oxygen atoms in total. The monoisotopic (exact) mass is 321 g/mol. The van der Waals surface area contributed by atoms with Crippen molar-refractivity contribution in [2.75, 3.05) is 19.9 Å². The number of rotatable bonds is 8. The number of ether oxygens (including phenoxy) is 1. The average molecular weight is 321 g/mol. The first kappa shape index (κ1) is 17.6. The molecule has 0 fully saturated rings. The van der Waals surface area contributed by atoms with Crippen LogP contribution >= 0.6 is 7.60 Å². The predicted octanol–water partition coefficient (Wildman–Crippen LogP) is 3.51. The van der Waals surface area contributed by atoms with E-state index in [2.05, 4.69) is 0 Å². The maximum atomic E-state index is 13.8. The summed E-state index contributed by atoms with van der Waals surface area (Å²) in [5.74, 6) is -0.929. The van der Waals surface area contributed by atoms with Crippen LogP contribution in [0.2, 0.25) is 0 Å². The van der Waals surface area contributed by atoms with Crippen molar-refractivity contribution < 1.29 is 27.7 Å². The quantitative estimate of drug-likeness (QED) is 0.413. The van der Waals surface area contributed by atoms with Gasteiger partial charge in [0, 0.05) is 23.9 Å². The van der Waals surface area contributed by atoms with Gasteiger partial charge in [0.15, 0.2) is 5.75 Å². The Balaban J connectivity index is 3.01. The zero-order valence-electron chi connectivity index (χ0n) is 12.0. The molecule has 0 heterocycles. The number of hydrogen-bond donors (Lipinski definition) is 0. The zero-order valence-corrected chi connectivity index (χ0v) is 12.9. The van der Waals surface area contributed by atoms with Crippen LogP contribution in [0.3, 0.4) is 0 Å². The summed E-state index contributed by atoms with van der Waals surface area (Å²) in [5.41, 5.74) is -0.476. The Morgan fingerprint density at radius 2 is 2.00 bits per heavy atom. The number of nitro groups is 1. The Morgan fingerprint density at radius 3 is 2.48 bits per heavy atom. The molecular weight excluding hydrogens is 304 g/mol. The van der Waals surface area contributed by atoms with Gasteiger partial charge >= 0.3 is 13.3 Å². The molecule has 0 radical (unpaired) electrons. The molecule has 0 spiro atoms. The minimum Gasteiger partial charge on any atom is -0.490 e. The van der Waals surface area contributed by atoms with Crippen LogP contribution in [-0.4, -0.2) is 24.8 Å². The molecule has 1 rings (SSSR count). The van der Waals surface area contributed by atoms with Crippen molar-refractivity contribution in [2.45, 2.75) is 20.5 Å². The maximum absolute atomic E-state index is 13.8. The van der Waals surface area contributed by atoms with E-state index in [4.69, 9.17) is 13.8 Å². The highest BCUT2D eigenvalue weighted by Gasteiger charge is 2.24. The van der Waals surface area contributed by atoms with Crippen LogP contribution in [0, 0.1) is 15.9 Å². The molecule has 9 heteroatoms. The lowest BCUT2D eigenvalue weighted by Gasteiger charge is -2.16. The lowest BCUT2D eigenvalue weighted by Crippen LogP contribution is -2.02. The lowest BCUT2D eigenvalue weighted by molar-refractivity contribution is -0.385. The van der Waals surface area contributed by atoms with E-state index in [1.165, 1.54) is 7.11 Å². The Kier molecular flexibility index (Phi) is 6.26. The zero-order chi connectivity index (χ0) is 16.0. The molecule has 21 heavy (non-hydrogen) atoms. The van der Waals surface area contributed by atoms with Gasteiger partial charge in [-0.1, -0.05) is 6.92 Å². The van der Waals surface area contributed by atoms with E-state index in [1.807, 2.05) is 0 Å². The van der Waals surface area contributed by atoms with E-state index in [1.54, 1.807) is 13.8 Å². The van der Waals surface area contributed by atoms with Gasteiger partial charge in [-0.3, -0.25) is 14.7 Å². The van der Waals surface area contributed by atoms with Gasteiger partial charge in [-0.05, 0) is 6.92 Å². The molecule has 0 aliphatic carbocycles. The smallest absolute Gasteiger partial charge is 0.330 e. The van der Waals surface area contributed by atoms with Crippen LogP contribution in [0.4, 0.5) is 10.1 Å². The standard InChI is InChI=1S/C12H17FNO6P/c1-4-19-21(17,5-2)20-8-9-6-11(14(15)16)12(18-3)7-10(9)13/h6-7H,4-5,8H2,1-3H3. The molecule has 1 atom stereocenters. The van der Waals surface area contributed by atoms with E-state index >= 15 is 0 Å². The van der Waals surface area contributed by atoms with Crippen molar-refractivity contribution in [2.24, 2.45) is 0 Å². The van der Waals surface area contributed by atoms with Gasteiger partial charge in [0.25, 0.3) is 0 Å². The Bertz CT molecular complexity index is 565. The summed E-state index contributed by atoms with van der Waals surface area (Å²) in [4.78, 5) is 10.2. The van der Waals surface area contributed by atoms with Crippen LogP contribution in [0.1, 0.15) is 19.4 Å². The fourth-order valence-electron chi connectivity index (χ4n) is 1.59. The highest BCUT2D eigenvalue weighted by atomic mass is 31.2. The van der Waals surface area contributed by atoms with Crippen LogP contribution in [0.25, 0.3) is 0 Å². The van der Waals surface area contributed by atoms with Crippen molar-refractivity contribution >= 4 is 13.3 Å². The number of nitrogens with zero attached hydrogens (tertiary/aromatic N) is 1. The van der Waals surface area contributed by atoms with Crippen LogP contribution < -0.4 is 4.74 Å². The molecule has 0 saturated heterocycles. The molecule has 0 aliphatic heterocycles. The minimum absolute atomic E-state index is 0.0871. The fraction of sp³-hybridized carbons (Fsp3) is 0.500. The summed E-state index contributed by atoms with van der Waals surface area (Å²) < 4.78 is 40.8. The van der Waals surface area contributed by atoms with E-state index < -0.39 is 18.3 Å². The van der Waals surface area contributed by atoms with E-state index in [0.717, 1.165) is 12.1 Å². The summed E-state index contributed by atoms with van der Waals surface area (Å²) in [6.45, 7) is 3.08. The third kappa shape index (κ3) is 4.49. The summed E-state index contributed by atoms with van der Waals surface area (Å²) in [5, 5.41) is 10.9. The normalized spacial score (nSPS) is 13.7. The molecule has 1 unspecified atom stereocenters. The minimum atomic E-state index is -3.31. The largest absolute Gasteiger partial charge is 0.490 e. The van der Waals surface area contributed by atoms with E-state index in [-0.39, 0.29) is 36.4 Å². The molecule has 0 amide bonds. The Labute approximate surface area is 121 Å². The highest BCUT2D eigenvalue weighted by molar-refractivity contribution is 7.53. The maximum Gasteiger partial charge on any atom is 0.330 e. The third-order valence-electron chi connectivity index (χ3n) is 2.67. The second kappa shape index (κ2) is 7.49. The first-order chi connectivity index (χ1) is 9.86. The number of hydrogen-bond acceptors (Lipinski definition) is 6. The first-order valence-electron chi connectivity index (χ1n) is 6.25. The second-order valence-electron chi connectivity index (χ2n) is 3.99. The van der Waals surface area contributed by atoms with Crippen molar-refractivity contribution in [1.29, 1.82) is 0 Å². The SMILES string of the molecule is CCOP(=O)(CC)OCc1cc([N+](=O)[O-])c(OC)cc1F. The van der Waals surface area contributed by atoms with Crippen LogP contribution in [0.15, 0.2) is 12.1 Å². The molecule has 0 aromatic heterocycles. The highest BCUT2D eigenvalue weighted by Crippen LogP contribution is 2.48. The number of methoxy groups -OCH3 is 1. The summed E-state index contributed by atoms with van der Waals surface area (Å²) in [7, 11) is -2.10. The number of halogens is 1. The van der Waals surface area contributed by atoms with Gasteiger partial charge in [0.05, 0.1) is 25.2 Å². The van der Waals surface area contributed by atoms with Gasteiger partial charge in [0.1, 0.15) is 5.82 Å². The Morgan fingerprint density at radius 1 is 1.33 bits per heavy atom. The Hall–Kier alpha value is -1.50. The van der Waals surface area contributed by atoms with Gasteiger partial charge < -0.3 is 13.8 Å². The average Bonchev–Trinajstić information content (AvgIpc) is 2.45. The summed E-state index contributed by atoms with van der Waals surface area (Å²) in [6, 6.07) is 1.90. The number of benzene rings is 1. The lowest BCUT2D eigenvalue weighted by atomic mass is 10.2.